The van der Waals surface area contributed by atoms with Gasteiger partial charge in [-0.2, -0.15) is 0 Å². The van der Waals surface area contributed by atoms with Crippen molar-refractivity contribution < 1.29 is 132 Å². The first-order valence-corrected chi connectivity index (χ1v) is 43.0. The molecule has 8 N–H and O–H groups in total. The lowest BCUT2D eigenvalue weighted by molar-refractivity contribution is 0.100. The highest BCUT2D eigenvalue weighted by molar-refractivity contribution is 7.94. The SMILES string of the molecule is [2H]c1c(C([2H])([2H])[2H])cc(C([2H])([2H])[2H])c(N([2H])C(=O)c2sccc2S(=O)(=O)N([2H])c2onc(C)c2C([2H])([2H])[2H])c1C(C)=O.[2H]c1c(C([2H])([2H])[2H])cc(C([2H])([2H])[2H])c(N([2H])C(=O)c2sccc2S(=O)(=O)N([2H])c2onc(C)c2C)c1C(C)=O.[2H]c1c(C)cc(C)c(N([2H])C(=O)c2sccc2S(=O)(=O)N([2H])c2onc(C)c2C([2H])([2H])[2H])c1C(C)=O.[2H]c1c(C)cc(C)c(N([2H])C(=O)c2sccc2S(=O)(=O)N([2H])c2onc(C)c2C)c1C(C)=O. The Bertz CT molecular complexity index is 7940. The van der Waals surface area contributed by atoms with E-state index in [0.717, 1.165) is 54.8 Å². The van der Waals surface area contributed by atoms with Crippen LogP contribution in [-0.4, -0.2) is 101 Å². The summed E-state index contributed by atoms with van der Waals surface area (Å²) in [6.45, 7) is 1.02. The fraction of sp³-hybridized carbons (Fsp3) is 0.250. The minimum atomic E-state index is -5.10. The Balaban J connectivity index is 0.000000223. The number of aryl methyl sites for hydroxylation is 12. The van der Waals surface area contributed by atoms with Crippen molar-refractivity contribution >= 4 is 178 Å². The molecule has 0 atom stereocenters. The van der Waals surface area contributed by atoms with Crippen molar-refractivity contribution in [2.75, 3.05) is 40.1 Å². The third-order valence-electron chi connectivity index (χ3n) is 16.2. The summed E-state index contributed by atoms with van der Waals surface area (Å²) >= 11 is 2.47. The van der Waals surface area contributed by atoms with Crippen molar-refractivity contribution in [1.82, 2.24) is 20.6 Å². The molecule has 0 radical (unpaired) electrons. The van der Waals surface area contributed by atoms with Crippen molar-refractivity contribution in [3.8, 4) is 0 Å². The Kier molecular flexibility index (Phi) is 18.0. The van der Waals surface area contributed by atoms with E-state index in [0.29, 0.717) is 96.0 Å². The second kappa shape index (κ2) is 37.2. The zero-order valence-corrected chi connectivity index (χ0v) is 71.3. The predicted molar refractivity (Wildman–Crippen MR) is 460 cm³/mol. The maximum absolute atomic E-state index is 13.5. The van der Waals surface area contributed by atoms with Gasteiger partial charge >= 0.3 is 0 Å². The number of amides is 4. The molecule has 4 amide bonds. The fourth-order valence-corrected chi connectivity index (χ4v) is 19.1. The molecule has 120 heavy (non-hydrogen) atoms. The van der Waals surface area contributed by atoms with Gasteiger partial charge in [0.25, 0.3) is 63.7 Å². The van der Waals surface area contributed by atoms with E-state index in [1.54, 1.807) is 47.6 Å². The summed E-state index contributed by atoms with van der Waals surface area (Å²) in [5.74, 6) is -10.8. The number of nitrogens with one attached hydrogen (secondary N) is 8. The number of ketones is 4. The highest BCUT2D eigenvalue weighted by Gasteiger charge is 2.33. The van der Waals surface area contributed by atoms with Gasteiger partial charge in [0.2, 0.25) is 23.5 Å². The van der Waals surface area contributed by atoms with Gasteiger partial charge in [0.05, 0.1) is 51.0 Å². The van der Waals surface area contributed by atoms with E-state index in [-0.39, 0.29) is 91.8 Å². The van der Waals surface area contributed by atoms with Gasteiger partial charge in [0.15, 0.2) is 34.4 Å². The number of aromatic nitrogens is 4. The first-order valence-electron chi connectivity index (χ1n) is 48.3. The third-order valence-corrected chi connectivity index (χ3v) is 25.6. The van der Waals surface area contributed by atoms with Gasteiger partial charge < -0.3 is 39.3 Å². The maximum atomic E-state index is 13.5. The number of Topliss-reactive ketones (excluding diaryl/α,β-unsaturated/α-hetero) is 4. The van der Waals surface area contributed by atoms with Gasteiger partial charge in [0, 0.05) is 69.2 Å². The normalized spacial score (nSPS) is 15.6. The Hall–Kier alpha value is -11.9. The number of rotatable bonds is 24. The lowest BCUT2D eigenvalue weighted by Gasteiger charge is -2.14. The molecule has 0 bridgehead atoms. The summed E-state index contributed by atoms with van der Waals surface area (Å²) in [5, 5.41) is 19.6. The van der Waals surface area contributed by atoms with Crippen LogP contribution >= 0.6 is 45.3 Å². The summed E-state index contributed by atoms with van der Waals surface area (Å²) in [5.41, 5.74) is -6.02. The molecule has 0 saturated carbocycles. The van der Waals surface area contributed by atoms with Crippen LogP contribution in [-0.2, 0) is 40.1 Å². The summed E-state index contributed by atoms with van der Waals surface area (Å²) in [4.78, 5) is 98.1. The smallest absolute Gasteiger partial charge is 0.267 e. The molecule has 632 valence electrons. The molecule has 4 aromatic carbocycles. The molecule has 0 spiro atoms. The molecule has 0 aliphatic carbocycles. The largest absolute Gasteiger partial charge is 0.337 e. The number of thiophene rings is 4. The van der Waals surface area contributed by atoms with E-state index in [1.165, 1.54) is 63.7 Å². The molecular weight excluding hydrogens is 1710 g/mol. The lowest BCUT2D eigenvalue weighted by atomic mass is 10.0. The summed E-state index contributed by atoms with van der Waals surface area (Å²) in [7, 11) is -19.3. The second-order valence-corrected chi connectivity index (χ2v) is 35.2. The van der Waals surface area contributed by atoms with Crippen LogP contribution in [0.25, 0.3) is 0 Å². The van der Waals surface area contributed by atoms with Crippen LogP contribution in [0.15, 0.2) is 132 Å². The van der Waals surface area contributed by atoms with Gasteiger partial charge in [-0.1, -0.05) is 44.9 Å². The number of hydrogen-bond donors (Lipinski definition) is 8. The van der Waals surface area contributed by atoms with Crippen molar-refractivity contribution in [3.05, 3.63) is 226 Å². The van der Waals surface area contributed by atoms with E-state index in [1.807, 2.05) is 0 Å². The molecule has 0 fully saturated rings. The molecule has 40 heteroatoms. The lowest BCUT2D eigenvalue weighted by Crippen LogP contribution is -2.20. The molecule has 12 aromatic rings. The van der Waals surface area contributed by atoms with E-state index in [9.17, 15) is 72.0 Å². The monoisotopic (exact) mass is 1820 g/mol. The molecule has 0 aliphatic heterocycles. The zero-order chi connectivity index (χ0) is 114. The first kappa shape index (κ1) is 58.1. The van der Waals surface area contributed by atoms with Crippen molar-refractivity contribution in [1.29, 1.82) is 0 Å². The molecule has 32 nitrogen and oxygen atoms in total. The summed E-state index contributed by atoms with van der Waals surface area (Å²) < 4.78 is 363. The number of anilines is 8. The topological polar surface area (TPSA) is 473 Å². The molecule has 8 heterocycles. The third kappa shape index (κ3) is 21.0. The van der Waals surface area contributed by atoms with Gasteiger partial charge in [-0.25, -0.2) is 52.5 Å². The average molecular weight is 1820 g/mol. The highest BCUT2D eigenvalue weighted by atomic mass is 32.2. The van der Waals surface area contributed by atoms with Crippen LogP contribution in [0.4, 0.5) is 46.3 Å². The number of nitrogens with zero attached hydrogens (tertiary/aromatic N) is 4. The first-order chi connectivity index (χ1) is 68.5. The van der Waals surface area contributed by atoms with Crippen LogP contribution in [0.1, 0.15) is 228 Å². The zero-order valence-electron chi connectivity index (χ0n) is 94.7. The minimum absolute atomic E-state index is 0.0113. The van der Waals surface area contributed by atoms with Crippen molar-refractivity contribution in [2.24, 2.45) is 0 Å². The molecule has 8 aromatic heterocycles. The second-order valence-electron chi connectivity index (χ2n) is 25.3. The molecular formula is C80H84N12O20S8. The van der Waals surface area contributed by atoms with Gasteiger partial charge in [-0.15, -0.1) is 45.3 Å². The fourth-order valence-electron chi connectivity index (χ4n) is 10.1. The Labute approximate surface area is 750 Å². The number of carbonyl (C=O) groups excluding carboxylic acids is 8. The number of benzene rings is 4. The minimum Gasteiger partial charge on any atom is -0.337 e. The van der Waals surface area contributed by atoms with Crippen LogP contribution < -0.4 is 40.1 Å². The number of hydrogen-bond acceptors (Lipinski definition) is 28. The van der Waals surface area contributed by atoms with Gasteiger partial charge in [-0.05, 0) is 253 Å². The summed E-state index contributed by atoms with van der Waals surface area (Å²) in [6, 6.07) is 6.21. The van der Waals surface area contributed by atoms with Crippen LogP contribution in [0.2, 0.25) is 11.3 Å². The van der Waals surface area contributed by atoms with Crippen LogP contribution in [0.3, 0.4) is 0 Å². The van der Waals surface area contributed by atoms with Crippen LogP contribution in [0.5, 0.6) is 0 Å². The van der Waals surface area contributed by atoms with Crippen molar-refractivity contribution in [2.45, 2.75) is 158 Å². The van der Waals surface area contributed by atoms with Gasteiger partial charge in [0.1, 0.15) is 39.1 Å². The average Bonchev–Trinajstić information content (AvgIpc) is 1.00. The standard InChI is InChI=1S/4C20H21N3O5S2/c4*1-10-8-11(2)17(15(9-10)14(5)24)21-19(25)18-16(6-7-29-18)30(26,27)23-20-12(3)13(4)22-28-20/h4*6-9,23H,1-5H3,(H,21,25)/i1D3,2D3,3D3,9D;1D3,2D3,9D;3D3,9D;9D/hD8. The van der Waals surface area contributed by atoms with Crippen LogP contribution in [0, 0.1) is 110 Å². The Morgan fingerprint density at radius 2 is 0.558 bits per heavy atom. The quantitative estimate of drug-likeness (QED) is 0.0260. The molecule has 12 rings (SSSR count). The van der Waals surface area contributed by atoms with E-state index in [4.69, 9.17) is 59.5 Å². The molecule has 0 aliphatic rings. The molecule has 0 unspecified atom stereocenters. The van der Waals surface area contributed by atoms with E-state index < -0.39 is 248 Å². The van der Waals surface area contributed by atoms with E-state index >= 15 is 0 Å². The van der Waals surface area contributed by atoms with E-state index in [2.05, 4.69) is 20.6 Å². The number of carbonyl (C=O) groups is 8. The Morgan fingerprint density at radius 1 is 0.333 bits per heavy atom. The van der Waals surface area contributed by atoms with Crippen molar-refractivity contribution in [3.63, 3.8) is 0 Å². The van der Waals surface area contributed by atoms with Gasteiger partial charge in [-0.3, -0.25) is 38.4 Å². The summed E-state index contributed by atoms with van der Waals surface area (Å²) in [6.07, 6.45) is 0. The molecule has 0 saturated heterocycles. The highest BCUT2D eigenvalue weighted by Crippen LogP contribution is 2.36. The predicted octanol–water partition coefficient (Wildman–Crippen LogP) is 16.9. The Morgan fingerprint density at radius 3 is 0.775 bits per heavy atom. The maximum Gasteiger partial charge on any atom is 0.267 e. The number of sulfonamides is 4.